The lowest BCUT2D eigenvalue weighted by atomic mass is 9.92. The summed E-state index contributed by atoms with van der Waals surface area (Å²) < 4.78 is 20.7. The first kappa shape index (κ1) is 33.1. The second-order valence-electron chi connectivity index (χ2n) is 11.1. The minimum atomic E-state index is -1.21. The number of amides is 1. The zero-order chi connectivity index (χ0) is 32.7. The number of hydrogen-bond donors (Lipinski definition) is 4. The predicted molar refractivity (Wildman–Crippen MR) is 169 cm³/mol. The molecule has 10 heteroatoms. The molecule has 0 fully saturated rings. The maximum Gasteiger partial charge on any atom is 0.337 e. The van der Waals surface area contributed by atoms with Crippen molar-refractivity contribution in [2.75, 3.05) is 12.4 Å². The maximum absolute atomic E-state index is 14.2. The number of anilines is 1. The van der Waals surface area contributed by atoms with Gasteiger partial charge in [-0.3, -0.25) is 9.59 Å². The first-order valence-electron chi connectivity index (χ1n) is 14.7. The molecule has 0 aliphatic heterocycles. The molecule has 4 rings (SSSR count). The number of nitrogens with one attached hydrogen (secondary N) is 1. The van der Waals surface area contributed by atoms with E-state index in [1.54, 1.807) is 36.4 Å². The van der Waals surface area contributed by atoms with Crippen molar-refractivity contribution in [2.24, 2.45) is 0 Å². The van der Waals surface area contributed by atoms with E-state index >= 15 is 0 Å². The number of ether oxygens (including phenoxy) is 1. The molecule has 2 unspecified atom stereocenters. The van der Waals surface area contributed by atoms with Crippen LogP contribution in [-0.2, 0) is 16.0 Å². The summed E-state index contributed by atoms with van der Waals surface area (Å²) in [6, 6.07) is 21.4. The molecule has 0 saturated heterocycles. The van der Waals surface area contributed by atoms with E-state index in [2.05, 4.69) is 5.32 Å². The van der Waals surface area contributed by atoms with E-state index in [0.717, 1.165) is 5.56 Å². The summed E-state index contributed by atoms with van der Waals surface area (Å²) in [4.78, 5) is 37.1. The number of rotatable bonds is 13. The quantitative estimate of drug-likeness (QED) is 0.133. The summed E-state index contributed by atoms with van der Waals surface area (Å²) in [5.74, 6) is -2.49. The van der Waals surface area contributed by atoms with Gasteiger partial charge in [-0.2, -0.15) is 0 Å². The van der Waals surface area contributed by atoms with Crippen molar-refractivity contribution in [3.8, 4) is 22.3 Å². The lowest BCUT2D eigenvalue weighted by Crippen LogP contribution is -2.22. The maximum atomic E-state index is 14.2. The molecular weight excluding hydrogens is 579 g/mol. The van der Waals surface area contributed by atoms with Crippen LogP contribution in [0.4, 0.5) is 10.1 Å². The van der Waals surface area contributed by atoms with Gasteiger partial charge in [-0.05, 0) is 80.6 Å². The van der Waals surface area contributed by atoms with Crippen molar-refractivity contribution < 1.29 is 38.8 Å². The Morgan fingerprint density at radius 3 is 2.07 bits per heavy atom. The number of aromatic nitrogens is 1. The zero-order valence-electron chi connectivity index (χ0n) is 25.4. The average molecular weight is 617 g/mol. The Balaban J connectivity index is 1.87. The van der Waals surface area contributed by atoms with Crippen LogP contribution in [-0.4, -0.2) is 57.1 Å². The van der Waals surface area contributed by atoms with Crippen LogP contribution in [0.3, 0.4) is 0 Å². The highest BCUT2D eigenvalue weighted by Gasteiger charge is 2.30. The van der Waals surface area contributed by atoms with E-state index in [4.69, 9.17) is 9.84 Å². The third-order valence-electron chi connectivity index (χ3n) is 7.47. The van der Waals surface area contributed by atoms with E-state index in [0.29, 0.717) is 39.3 Å². The van der Waals surface area contributed by atoms with Gasteiger partial charge in [0.2, 0.25) is 0 Å². The number of aliphatic hydroxyl groups excluding tert-OH is 2. The molecule has 4 N–H and O–H groups in total. The highest BCUT2D eigenvalue weighted by molar-refractivity contribution is 6.11. The smallest absolute Gasteiger partial charge is 0.337 e. The van der Waals surface area contributed by atoms with Gasteiger partial charge in [0.15, 0.2) is 0 Å². The fourth-order valence-electron chi connectivity index (χ4n) is 5.51. The van der Waals surface area contributed by atoms with Crippen LogP contribution < -0.4 is 5.32 Å². The Labute approximate surface area is 260 Å². The summed E-state index contributed by atoms with van der Waals surface area (Å²) in [7, 11) is 1.29. The van der Waals surface area contributed by atoms with Crippen molar-refractivity contribution in [3.63, 3.8) is 0 Å². The highest BCUT2D eigenvalue weighted by atomic mass is 19.1. The number of halogens is 1. The number of esters is 1. The Morgan fingerprint density at radius 1 is 0.867 bits per heavy atom. The van der Waals surface area contributed by atoms with E-state index in [1.807, 2.05) is 48.7 Å². The molecule has 1 aromatic heterocycles. The predicted octanol–water partition coefficient (Wildman–Crippen LogP) is 6.10. The molecule has 0 aliphatic rings. The van der Waals surface area contributed by atoms with Gasteiger partial charge in [-0.15, -0.1) is 0 Å². The number of methoxy groups -OCH3 is 1. The van der Waals surface area contributed by atoms with Gasteiger partial charge in [0.05, 0.1) is 31.3 Å². The zero-order valence-corrected chi connectivity index (χ0v) is 25.4. The highest BCUT2D eigenvalue weighted by Crippen LogP contribution is 2.43. The number of hydrogen-bond acceptors (Lipinski definition) is 6. The Kier molecular flexibility index (Phi) is 10.9. The summed E-state index contributed by atoms with van der Waals surface area (Å²) in [6.07, 6.45) is -2.39. The van der Waals surface area contributed by atoms with Crippen LogP contribution in [0.15, 0.2) is 78.9 Å². The van der Waals surface area contributed by atoms with Crippen LogP contribution in [0.2, 0.25) is 0 Å². The fraction of sp³-hybridized carbons (Fsp3) is 0.286. The third kappa shape index (κ3) is 8.03. The van der Waals surface area contributed by atoms with Crippen LogP contribution in [0.1, 0.15) is 65.7 Å². The summed E-state index contributed by atoms with van der Waals surface area (Å²) in [6.45, 7) is 3.86. The number of carbonyl (C=O) groups excluding carboxylic acids is 2. The number of carbonyl (C=O) groups is 3. The van der Waals surface area contributed by atoms with Crippen LogP contribution in [0, 0.1) is 5.82 Å². The second-order valence-corrected chi connectivity index (χ2v) is 11.1. The standard InChI is InChI=1S/C35H37FN2O7/c1-21(2)38-29(18-17-27(39)19-28(40)20-30(41)42)31(23-9-13-25(36)14-10-23)32(22-7-5-4-6-8-22)33(38)34(43)37-26-15-11-24(12-16-26)35(44)45-3/h4-16,21,27-28,39-40H,17-20H2,1-3H3,(H,37,43)(H,41,42). The van der Waals surface area contributed by atoms with Crippen LogP contribution in [0.25, 0.3) is 22.3 Å². The molecule has 1 heterocycles. The van der Waals surface area contributed by atoms with E-state index in [-0.39, 0.29) is 25.3 Å². The summed E-state index contributed by atoms with van der Waals surface area (Å²) in [5, 5.41) is 32.8. The summed E-state index contributed by atoms with van der Waals surface area (Å²) >= 11 is 0. The van der Waals surface area contributed by atoms with E-state index in [1.165, 1.54) is 19.2 Å². The number of benzene rings is 3. The number of nitrogens with zero attached hydrogens (tertiary/aromatic N) is 1. The lowest BCUT2D eigenvalue weighted by Gasteiger charge is -2.20. The SMILES string of the molecule is COC(=O)c1ccc(NC(=O)c2c(-c3ccccc3)c(-c3ccc(F)cc3)c(CCC(O)CC(O)CC(=O)O)n2C(C)C)cc1. The number of aliphatic carboxylic acids is 1. The molecule has 236 valence electrons. The molecule has 9 nitrogen and oxygen atoms in total. The minimum absolute atomic E-state index is 0.124. The number of aliphatic hydroxyl groups is 2. The van der Waals surface area contributed by atoms with Gasteiger partial charge in [-0.1, -0.05) is 42.5 Å². The largest absolute Gasteiger partial charge is 0.481 e. The first-order chi connectivity index (χ1) is 21.5. The van der Waals surface area contributed by atoms with E-state index < -0.39 is 42.3 Å². The molecule has 0 radical (unpaired) electrons. The Morgan fingerprint density at radius 2 is 1.49 bits per heavy atom. The molecule has 0 aliphatic carbocycles. The number of carboxylic acids is 1. The first-order valence-corrected chi connectivity index (χ1v) is 14.7. The van der Waals surface area contributed by atoms with Crippen molar-refractivity contribution in [2.45, 2.75) is 57.8 Å². The van der Waals surface area contributed by atoms with Crippen molar-refractivity contribution in [3.05, 3.63) is 102 Å². The molecule has 0 bridgehead atoms. The Hall–Kier alpha value is -4.80. The molecule has 45 heavy (non-hydrogen) atoms. The molecule has 3 aromatic carbocycles. The third-order valence-corrected chi connectivity index (χ3v) is 7.47. The summed E-state index contributed by atoms with van der Waals surface area (Å²) in [5.41, 5.74) is 4.59. The second kappa shape index (κ2) is 14.8. The van der Waals surface area contributed by atoms with Gasteiger partial charge in [0.1, 0.15) is 11.5 Å². The lowest BCUT2D eigenvalue weighted by molar-refractivity contribution is -0.139. The van der Waals surface area contributed by atoms with Gasteiger partial charge >= 0.3 is 11.9 Å². The molecule has 2 atom stereocenters. The van der Waals surface area contributed by atoms with Gasteiger partial charge in [0.25, 0.3) is 5.91 Å². The van der Waals surface area contributed by atoms with Crippen LogP contribution in [0.5, 0.6) is 0 Å². The van der Waals surface area contributed by atoms with Crippen molar-refractivity contribution in [1.29, 1.82) is 0 Å². The Bertz CT molecular complexity index is 1630. The van der Waals surface area contributed by atoms with Gasteiger partial charge in [0, 0.05) is 28.6 Å². The number of carboxylic acid groups (broad SMARTS) is 1. The molecule has 0 saturated carbocycles. The topological polar surface area (TPSA) is 138 Å². The minimum Gasteiger partial charge on any atom is -0.481 e. The molecule has 0 spiro atoms. The van der Waals surface area contributed by atoms with E-state index in [9.17, 15) is 29.0 Å². The fourth-order valence-corrected chi connectivity index (χ4v) is 5.51. The van der Waals surface area contributed by atoms with Gasteiger partial charge in [-0.25, -0.2) is 9.18 Å². The molecule has 1 amide bonds. The average Bonchev–Trinajstić information content (AvgIpc) is 3.36. The van der Waals surface area contributed by atoms with Crippen molar-refractivity contribution in [1.82, 2.24) is 4.57 Å². The molecular formula is C35H37FN2O7. The monoisotopic (exact) mass is 616 g/mol. The van der Waals surface area contributed by atoms with Gasteiger partial charge < -0.3 is 29.9 Å². The molecule has 4 aromatic rings. The normalized spacial score (nSPS) is 12.5. The van der Waals surface area contributed by atoms with Crippen LogP contribution >= 0.6 is 0 Å². The van der Waals surface area contributed by atoms with Crippen molar-refractivity contribution >= 4 is 23.5 Å².